The molecule has 8 heterocycles. The van der Waals surface area contributed by atoms with Crippen LogP contribution < -0.4 is 10.6 Å². The van der Waals surface area contributed by atoms with Crippen LogP contribution in [0.25, 0.3) is 32.7 Å². The molecule has 5 aliphatic rings. The number of hydrogen-bond donors (Lipinski definition) is 1. The first-order chi connectivity index (χ1) is 55.1. The zero-order valence-electron chi connectivity index (χ0n) is 66.5. The SMILES string of the molecule is CCOC(=O)CN1c2ccc(C)cc2[C@@H]2CN(C(=O)OC(C)(C)C)CCC[C@@H]21.Cc1ccc2c(c1)c1c(n2C(N)=O)CCCN(S(=O)(=O)c2ccccc2)C1.Cc1ccc2c(c1)c1c(n2CC#N)CCCN(C(=O)c2ccccc2)C1.Cc1ccc2c(c1)c1c(n2Cc2ccc(C(F)(F)F)cc2)CCCN(C(=O)c2ccccc2)C1. The van der Waals surface area contributed by atoms with Crippen molar-refractivity contribution in [3.8, 4) is 6.07 Å². The number of halogens is 3. The number of aryl methyl sites for hydroxylation is 4. The van der Waals surface area contributed by atoms with Gasteiger partial charge in [0.1, 0.15) is 18.7 Å². The zero-order chi connectivity index (χ0) is 81.6. The Hall–Kier alpha value is -11.5. The quantitative estimate of drug-likeness (QED) is 0.127. The molecule has 0 unspecified atom stereocenters. The number of anilines is 1. The van der Waals surface area contributed by atoms with Crippen molar-refractivity contribution in [2.45, 2.75) is 168 Å². The number of carbonyl (C=O) groups excluding carboxylic acids is 5. The molecule has 2 atom stereocenters. The van der Waals surface area contributed by atoms with Crippen molar-refractivity contribution in [3.63, 3.8) is 0 Å². The van der Waals surface area contributed by atoms with Crippen molar-refractivity contribution in [2.24, 2.45) is 5.73 Å². The van der Waals surface area contributed by atoms with Crippen molar-refractivity contribution in [1.29, 1.82) is 5.26 Å². The largest absolute Gasteiger partial charge is 0.465 e. The van der Waals surface area contributed by atoms with Crippen LogP contribution in [-0.4, -0.2) is 129 Å². The van der Waals surface area contributed by atoms with Gasteiger partial charge in [-0.1, -0.05) is 119 Å². The van der Waals surface area contributed by atoms with E-state index in [4.69, 9.17) is 15.2 Å². The maximum atomic E-state index is 13.2. The molecule has 0 aliphatic carbocycles. The lowest BCUT2D eigenvalue weighted by Gasteiger charge is -2.30. The van der Waals surface area contributed by atoms with Crippen LogP contribution in [0.2, 0.25) is 0 Å². The van der Waals surface area contributed by atoms with E-state index in [9.17, 15) is 50.8 Å². The average Bonchev–Trinajstić information content (AvgIpc) is 1.62. The number of fused-ring (bicyclic) bond motifs is 12. The lowest BCUT2D eigenvalue weighted by Crippen LogP contribution is -2.41. The Kier molecular flexibility index (Phi) is 24.6. The number of sulfonamides is 1. The Labute approximate surface area is 670 Å². The number of aromatic nitrogens is 3. The van der Waals surface area contributed by atoms with Gasteiger partial charge in [0.2, 0.25) is 10.0 Å². The van der Waals surface area contributed by atoms with Gasteiger partial charge < -0.3 is 43.9 Å². The maximum absolute atomic E-state index is 13.2. The molecule has 2 N–H and O–H groups in total. The van der Waals surface area contributed by atoms with Gasteiger partial charge in [-0.05, 0) is 214 Å². The molecule has 1 saturated heterocycles. The lowest BCUT2D eigenvalue weighted by molar-refractivity contribution is -0.141. The number of nitriles is 1. The first-order valence-electron chi connectivity index (χ1n) is 39.5. The van der Waals surface area contributed by atoms with Gasteiger partial charge in [0.25, 0.3) is 11.8 Å². The molecular formula is C92H99F3N10O9S. The van der Waals surface area contributed by atoms with Gasteiger partial charge in [-0.15, -0.1) is 0 Å². The molecule has 0 bridgehead atoms. The minimum absolute atomic E-state index is 0.0183. The highest BCUT2D eigenvalue weighted by Gasteiger charge is 2.43. The van der Waals surface area contributed by atoms with Crippen LogP contribution in [0, 0.1) is 39.0 Å². The number of amides is 4. The molecule has 8 aromatic carbocycles. The zero-order valence-corrected chi connectivity index (χ0v) is 67.3. The lowest BCUT2D eigenvalue weighted by atomic mass is 9.92. The van der Waals surface area contributed by atoms with Crippen molar-refractivity contribution >= 4 is 78.3 Å². The summed E-state index contributed by atoms with van der Waals surface area (Å²) in [7, 11) is -3.61. The number of nitrogens with zero attached hydrogens (tertiary/aromatic N) is 9. The molecule has 19 nitrogen and oxygen atoms in total. The molecule has 0 saturated carbocycles. The Morgan fingerprint density at radius 2 is 1.05 bits per heavy atom. The molecule has 3 aromatic heterocycles. The summed E-state index contributed by atoms with van der Waals surface area (Å²) < 4.78 is 83.4. The van der Waals surface area contributed by atoms with E-state index < -0.39 is 33.4 Å². The smallest absolute Gasteiger partial charge is 0.416 e. The van der Waals surface area contributed by atoms with Gasteiger partial charge in [0, 0.05) is 143 Å². The van der Waals surface area contributed by atoms with E-state index in [-0.39, 0.29) is 53.8 Å². The van der Waals surface area contributed by atoms with Crippen LogP contribution in [0.15, 0.2) is 193 Å². The summed E-state index contributed by atoms with van der Waals surface area (Å²) in [5, 5.41) is 12.4. The summed E-state index contributed by atoms with van der Waals surface area (Å²) in [6.07, 6.45) is 1.87. The van der Waals surface area contributed by atoms with Gasteiger partial charge in [-0.2, -0.15) is 22.7 Å². The van der Waals surface area contributed by atoms with Gasteiger partial charge in [-0.25, -0.2) is 18.0 Å². The molecule has 11 aromatic rings. The van der Waals surface area contributed by atoms with E-state index in [1.165, 1.54) is 42.2 Å². The molecule has 23 heteroatoms. The van der Waals surface area contributed by atoms with Crippen LogP contribution in [0.5, 0.6) is 0 Å². The summed E-state index contributed by atoms with van der Waals surface area (Å²) in [6, 6.07) is 59.4. The van der Waals surface area contributed by atoms with E-state index in [2.05, 4.69) is 88.5 Å². The summed E-state index contributed by atoms with van der Waals surface area (Å²) >= 11 is 0. The van der Waals surface area contributed by atoms with Gasteiger partial charge in [0.05, 0.1) is 28.7 Å². The second-order valence-electron chi connectivity index (χ2n) is 31.4. The fourth-order valence-corrected chi connectivity index (χ4v) is 18.4. The first-order valence-corrected chi connectivity index (χ1v) is 40.9. The number of esters is 1. The predicted molar refractivity (Wildman–Crippen MR) is 441 cm³/mol. The third-order valence-electron chi connectivity index (χ3n) is 22.2. The number of primary amides is 1. The molecule has 0 spiro atoms. The predicted octanol–water partition coefficient (Wildman–Crippen LogP) is 17.5. The van der Waals surface area contributed by atoms with Crippen LogP contribution in [0.1, 0.15) is 159 Å². The summed E-state index contributed by atoms with van der Waals surface area (Å²) in [5.74, 6) is 0.0549. The Morgan fingerprint density at radius 3 is 1.59 bits per heavy atom. The molecule has 0 radical (unpaired) electrons. The molecule has 16 rings (SSSR count). The van der Waals surface area contributed by atoms with Crippen molar-refractivity contribution < 1.29 is 55.0 Å². The topological polar surface area (TPSA) is 219 Å². The maximum Gasteiger partial charge on any atom is 0.416 e. The monoisotopic (exact) mass is 1580 g/mol. The number of carbonyl (C=O) groups is 5. The molecule has 598 valence electrons. The molecular weight excluding hydrogens is 1480 g/mol. The number of benzene rings is 8. The fourth-order valence-electron chi connectivity index (χ4n) is 16.9. The number of nitrogens with two attached hydrogens (primary N) is 1. The Morgan fingerprint density at radius 1 is 0.565 bits per heavy atom. The highest BCUT2D eigenvalue weighted by atomic mass is 32.2. The van der Waals surface area contributed by atoms with Crippen LogP contribution >= 0.6 is 0 Å². The van der Waals surface area contributed by atoms with Gasteiger partial charge in [0.15, 0.2) is 0 Å². The minimum Gasteiger partial charge on any atom is -0.465 e. The van der Waals surface area contributed by atoms with Crippen molar-refractivity contribution in [3.05, 3.63) is 272 Å². The van der Waals surface area contributed by atoms with Crippen LogP contribution in [-0.2, 0) is 82.5 Å². The summed E-state index contributed by atoms with van der Waals surface area (Å²) in [4.78, 5) is 71.3. The third-order valence-corrected chi connectivity index (χ3v) is 24.0. The Bertz CT molecular complexity index is 5590. The average molecular weight is 1580 g/mol. The number of hydrogen-bond acceptors (Lipinski definition) is 11. The molecule has 5 aliphatic heterocycles. The second kappa shape index (κ2) is 34.7. The Balaban J connectivity index is 0.000000134. The third kappa shape index (κ3) is 18.1. The normalized spacial score (nSPS) is 16.2. The van der Waals surface area contributed by atoms with E-state index in [1.54, 1.807) is 42.5 Å². The second-order valence-corrected chi connectivity index (χ2v) is 33.4. The van der Waals surface area contributed by atoms with Gasteiger partial charge >= 0.3 is 24.3 Å². The van der Waals surface area contributed by atoms with E-state index in [0.717, 1.165) is 135 Å². The number of alkyl halides is 3. The number of likely N-dealkylation sites (tertiary alicyclic amines) is 1. The standard InChI is InChI=1S/C28H25F3N2O.C22H21N3O.C22H32N2O4.C20H21N3O3S/c1-19-9-14-26-23(16-19)24-18-32(27(34)21-6-3-2-4-7-21)15-5-8-25(24)33(26)17-20-10-12-22(13-11-20)28(29,30)31;1-16-9-10-21-18(14-16)19-15-24(22(26)17-6-3-2-4-7-17)12-5-8-20(19)25(21)13-11-23;1-6-27-20(25)14-24-18-8-7-11-23(21(26)28-22(3,4)5)13-17(18)16-12-15(2)9-10-19(16)24;1-14-9-10-19-16(12-14)17-13-22(11-5-8-18(17)23(19)20(21)24)27(25,26)15-6-3-2-4-7-15/h2-4,6-7,9-14,16H,5,8,15,17-18H2,1H3;2-4,6-7,9-10,14H,5,8,12-13,15H2,1H3;9-10,12,17-18H,6-8,11,13-14H2,1-5H3;2-4,6-7,9-10,12H,5,8,11,13H2,1H3,(H2,21,24)/t;;17-,18-;/m..0./s1. The fraction of sp³-hybridized carbons (Fsp3) is 0.348. The highest BCUT2D eigenvalue weighted by Crippen LogP contribution is 2.46. The van der Waals surface area contributed by atoms with E-state index in [0.29, 0.717) is 77.4 Å². The van der Waals surface area contributed by atoms with Gasteiger partial charge in [-0.3, -0.25) is 19.0 Å². The van der Waals surface area contributed by atoms with Crippen molar-refractivity contribution in [2.75, 3.05) is 50.8 Å². The highest BCUT2D eigenvalue weighted by molar-refractivity contribution is 7.89. The van der Waals surface area contributed by atoms with E-state index >= 15 is 0 Å². The number of ether oxygens (including phenoxy) is 2. The molecule has 4 amide bonds. The van der Waals surface area contributed by atoms with Crippen LogP contribution in [0.4, 0.5) is 28.4 Å². The molecule has 1 fully saturated rings. The first kappa shape index (κ1) is 81.5. The van der Waals surface area contributed by atoms with Crippen molar-refractivity contribution in [1.82, 2.24) is 32.7 Å². The minimum atomic E-state index is -4.35. The van der Waals surface area contributed by atoms with E-state index in [1.807, 2.05) is 135 Å². The van der Waals surface area contributed by atoms with Crippen LogP contribution in [0.3, 0.4) is 0 Å². The summed E-state index contributed by atoms with van der Waals surface area (Å²) in [5.41, 5.74) is 22.8. The number of rotatable bonds is 10. The molecule has 115 heavy (non-hydrogen) atoms. The summed E-state index contributed by atoms with van der Waals surface area (Å²) in [6.45, 7) is 21.6.